The van der Waals surface area contributed by atoms with Gasteiger partial charge in [-0.25, -0.2) is 0 Å². The van der Waals surface area contributed by atoms with Gasteiger partial charge in [-0.2, -0.15) is 0 Å². The highest BCUT2D eigenvalue weighted by Gasteiger charge is 2.20. The number of amides is 1. The predicted molar refractivity (Wildman–Crippen MR) is 114 cm³/mol. The molecule has 1 amide bonds. The molecule has 0 bridgehead atoms. The van der Waals surface area contributed by atoms with E-state index in [1.165, 1.54) is 11.1 Å². The van der Waals surface area contributed by atoms with Crippen LogP contribution in [0.2, 0.25) is 0 Å². The van der Waals surface area contributed by atoms with Crippen LogP contribution in [0, 0.1) is 0 Å². The van der Waals surface area contributed by atoms with Gasteiger partial charge < -0.3 is 21.1 Å². The summed E-state index contributed by atoms with van der Waals surface area (Å²) in [5.41, 5.74) is 7.53. The highest BCUT2D eigenvalue weighted by Crippen LogP contribution is 2.21. The van der Waals surface area contributed by atoms with Crippen LogP contribution in [0.1, 0.15) is 25.0 Å². The Morgan fingerprint density at radius 1 is 1.07 bits per heavy atom. The zero-order valence-electron chi connectivity index (χ0n) is 16.9. The van der Waals surface area contributed by atoms with E-state index in [0.29, 0.717) is 5.75 Å². The Bertz CT molecular complexity index is 771. The maximum Gasteiger partial charge on any atom is 0.255 e. The largest absolute Gasteiger partial charge is 0.484 e. The number of nitrogens with two attached hydrogens (primary N) is 1. The summed E-state index contributed by atoms with van der Waals surface area (Å²) >= 11 is 0. The third-order valence-electron chi connectivity index (χ3n) is 4.49. The van der Waals surface area contributed by atoms with E-state index >= 15 is 0 Å². The van der Waals surface area contributed by atoms with Gasteiger partial charge in [0.2, 0.25) is 0 Å². The number of primary amides is 1. The zero-order chi connectivity index (χ0) is 20.4. The monoisotopic (exact) mass is 382 g/mol. The number of nitrogens with one attached hydrogen (secondary N) is 2. The van der Waals surface area contributed by atoms with Crippen molar-refractivity contribution in [3.63, 3.8) is 0 Å². The summed E-state index contributed by atoms with van der Waals surface area (Å²) in [6, 6.07) is 18.1. The quantitative estimate of drug-likeness (QED) is 0.458. The first-order valence-electron chi connectivity index (χ1n) is 9.41. The second kappa shape index (κ2) is 10.3. The van der Waals surface area contributed by atoms with Gasteiger partial charge in [-0.3, -0.25) is 9.79 Å². The van der Waals surface area contributed by atoms with Gasteiger partial charge in [0.05, 0.1) is 0 Å². The molecule has 0 heterocycles. The van der Waals surface area contributed by atoms with Gasteiger partial charge in [0.15, 0.2) is 12.6 Å². The standard InChI is InChI=1S/C22H30N4O2/c1-22(2,18-7-5-4-6-8-18)16-26-21(24-3)25-14-13-17-9-11-19(12-10-17)28-15-20(23)27/h4-12H,13-16H2,1-3H3,(H2,23,27)(H2,24,25,26). The van der Waals surface area contributed by atoms with Crippen molar-refractivity contribution in [3.8, 4) is 5.75 Å². The van der Waals surface area contributed by atoms with E-state index in [1.54, 1.807) is 7.05 Å². The summed E-state index contributed by atoms with van der Waals surface area (Å²) in [4.78, 5) is 15.0. The average molecular weight is 383 g/mol. The Balaban J connectivity index is 1.77. The third-order valence-corrected chi connectivity index (χ3v) is 4.49. The van der Waals surface area contributed by atoms with Crippen molar-refractivity contribution in [1.82, 2.24) is 10.6 Å². The maximum absolute atomic E-state index is 10.7. The molecule has 28 heavy (non-hydrogen) atoms. The zero-order valence-corrected chi connectivity index (χ0v) is 16.9. The van der Waals surface area contributed by atoms with E-state index in [1.807, 2.05) is 30.3 Å². The molecule has 0 aliphatic rings. The second-order valence-corrected chi connectivity index (χ2v) is 7.25. The molecule has 0 aromatic heterocycles. The van der Waals surface area contributed by atoms with Crippen molar-refractivity contribution in [3.05, 3.63) is 65.7 Å². The molecule has 0 atom stereocenters. The molecule has 0 radical (unpaired) electrons. The van der Waals surface area contributed by atoms with Crippen LogP contribution >= 0.6 is 0 Å². The number of carbonyl (C=O) groups excluding carboxylic acids is 1. The molecule has 6 nitrogen and oxygen atoms in total. The van der Waals surface area contributed by atoms with Crippen LogP contribution in [0.25, 0.3) is 0 Å². The number of hydrogen-bond acceptors (Lipinski definition) is 3. The third kappa shape index (κ3) is 6.95. The lowest BCUT2D eigenvalue weighted by Gasteiger charge is -2.26. The summed E-state index contributed by atoms with van der Waals surface area (Å²) in [7, 11) is 1.77. The van der Waals surface area contributed by atoms with Crippen LogP contribution in [0.3, 0.4) is 0 Å². The molecule has 4 N–H and O–H groups in total. The van der Waals surface area contributed by atoms with Gasteiger partial charge in [0.1, 0.15) is 5.75 Å². The topological polar surface area (TPSA) is 88.7 Å². The molecule has 2 aromatic carbocycles. The van der Waals surface area contributed by atoms with Crippen molar-refractivity contribution >= 4 is 11.9 Å². The minimum atomic E-state index is -0.484. The molecular weight excluding hydrogens is 352 g/mol. The highest BCUT2D eigenvalue weighted by atomic mass is 16.5. The number of rotatable bonds is 9. The first-order chi connectivity index (χ1) is 13.4. The molecule has 0 unspecified atom stereocenters. The van der Waals surface area contributed by atoms with E-state index in [-0.39, 0.29) is 12.0 Å². The fourth-order valence-electron chi connectivity index (χ4n) is 2.75. The summed E-state index contributed by atoms with van der Waals surface area (Å²) in [6.07, 6.45) is 0.846. The van der Waals surface area contributed by atoms with Crippen LogP contribution in [0.4, 0.5) is 0 Å². The minimum Gasteiger partial charge on any atom is -0.484 e. The fraction of sp³-hybridized carbons (Fsp3) is 0.364. The normalized spacial score (nSPS) is 11.8. The summed E-state index contributed by atoms with van der Waals surface area (Å²) in [5.74, 6) is 0.934. The number of nitrogens with zero attached hydrogens (tertiary/aromatic N) is 1. The van der Waals surface area contributed by atoms with Crippen LogP contribution in [0.5, 0.6) is 5.75 Å². The molecule has 0 saturated carbocycles. The van der Waals surface area contributed by atoms with Crippen molar-refractivity contribution in [2.75, 3.05) is 26.7 Å². The Morgan fingerprint density at radius 2 is 1.75 bits per heavy atom. The first-order valence-corrected chi connectivity index (χ1v) is 9.41. The lowest BCUT2D eigenvalue weighted by atomic mass is 9.85. The number of guanidine groups is 1. The van der Waals surface area contributed by atoms with Crippen molar-refractivity contribution < 1.29 is 9.53 Å². The van der Waals surface area contributed by atoms with Gasteiger partial charge in [-0.15, -0.1) is 0 Å². The SMILES string of the molecule is CN=C(NCCc1ccc(OCC(N)=O)cc1)NCC(C)(C)c1ccccc1. The van der Waals surface area contributed by atoms with Crippen LogP contribution in [-0.2, 0) is 16.6 Å². The van der Waals surface area contributed by atoms with Crippen LogP contribution in [0.15, 0.2) is 59.6 Å². The number of carbonyl (C=O) groups is 1. The van der Waals surface area contributed by atoms with E-state index < -0.39 is 5.91 Å². The fourth-order valence-corrected chi connectivity index (χ4v) is 2.75. The summed E-state index contributed by atoms with van der Waals surface area (Å²) < 4.78 is 5.26. The van der Waals surface area contributed by atoms with E-state index in [9.17, 15) is 4.79 Å². The van der Waals surface area contributed by atoms with Crippen molar-refractivity contribution in [1.29, 1.82) is 0 Å². The van der Waals surface area contributed by atoms with Crippen LogP contribution < -0.4 is 21.1 Å². The Labute approximate surface area is 167 Å². The van der Waals surface area contributed by atoms with Gasteiger partial charge in [-0.05, 0) is 29.7 Å². The molecule has 0 fully saturated rings. The van der Waals surface area contributed by atoms with E-state index in [4.69, 9.17) is 10.5 Å². The highest BCUT2D eigenvalue weighted by molar-refractivity contribution is 5.79. The number of hydrogen-bond donors (Lipinski definition) is 3. The smallest absolute Gasteiger partial charge is 0.255 e. The van der Waals surface area contributed by atoms with Crippen LogP contribution in [-0.4, -0.2) is 38.6 Å². The number of benzene rings is 2. The average Bonchev–Trinajstić information content (AvgIpc) is 2.70. The maximum atomic E-state index is 10.7. The molecule has 2 aromatic rings. The number of ether oxygens (including phenoxy) is 1. The molecule has 2 rings (SSSR count). The van der Waals surface area contributed by atoms with Gasteiger partial charge in [-0.1, -0.05) is 56.3 Å². The summed E-state index contributed by atoms with van der Waals surface area (Å²) in [5, 5.41) is 6.75. The van der Waals surface area contributed by atoms with Crippen molar-refractivity contribution in [2.45, 2.75) is 25.7 Å². The molecule has 0 aliphatic carbocycles. The van der Waals surface area contributed by atoms with Crippen molar-refractivity contribution in [2.24, 2.45) is 10.7 Å². The molecule has 6 heteroatoms. The second-order valence-electron chi connectivity index (χ2n) is 7.25. The predicted octanol–water partition coefficient (Wildman–Crippen LogP) is 2.24. The van der Waals surface area contributed by atoms with Gasteiger partial charge >= 0.3 is 0 Å². The summed E-state index contributed by atoms with van der Waals surface area (Å²) in [6.45, 7) is 5.85. The lowest BCUT2D eigenvalue weighted by Crippen LogP contribution is -2.44. The molecular formula is C22H30N4O2. The Hall–Kier alpha value is -3.02. The van der Waals surface area contributed by atoms with E-state index in [0.717, 1.165) is 25.5 Å². The number of aliphatic imine (C=N–C) groups is 1. The molecule has 0 spiro atoms. The van der Waals surface area contributed by atoms with Gasteiger partial charge in [0, 0.05) is 25.6 Å². The van der Waals surface area contributed by atoms with E-state index in [2.05, 4.69) is 53.7 Å². The molecule has 150 valence electrons. The lowest BCUT2D eigenvalue weighted by molar-refractivity contribution is -0.119. The van der Waals surface area contributed by atoms with Gasteiger partial charge in [0.25, 0.3) is 5.91 Å². The Kier molecular flexibility index (Phi) is 7.87. The molecule has 0 aliphatic heterocycles. The minimum absolute atomic E-state index is 0.000374. The Morgan fingerprint density at radius 3 is 2.36 bits per heavy atom. The first kappa shape index (κ1) is 21.3. The molecule has 0 saturated heterocycles.